The standard InChI is InChI=1S/C14H22N4O2/c1-15-11-7-13(9-14(8-11)18(19)20)17-6-4-5-12(17)10-16(2)3/h7-9,12,15H,4-6,10H2,1-3H3. The van der Waals surface area contributed by atoms with Crippen molar-refractivity contribution in [3.05, 3.63) is 28.3 Å². The molecular weight excluding hydrogens is 256 g/mol. The van der Waals surface area contributed by atoms with Crippen molar-refractivity contribution >= 4 is 17.1 Å². The quantitative estimate of drug-likeness (QED) is 0.660. The van der Waals surface area contributed by atoms with Gasteiger partial charge in [-0.25, -0.2) is 0 Å². The number of anilines is 2. The molecule has 1 aliphatic rings. The van der Waals surface area contributed by atoms with Crippen molar-refractivity contribution in [2.75, 3.05) is 44.4 Å². The van der Waals surface area contributed by atoms with Gasteiger partial charge in [-0.05, 0) is 33.0 Å². The minimum Gasteiger partial charge on any atom is -0.388 e. The van der Waals surface area contributed by atoms with E-state index in [4.69, 9.17) is 0 Å². The first-order chi connectivity index (χ1) is 9.51. The van der Waals surface area contributed by atoms with Gasteiger partial charge in [0.1, 0.15) is 0 Å². The van der Waals surface area contributed by atoms with Crippen LogP contribution >= 0.6 is 0 Å². The average molecular weight is 278 g/mol. The summed E-state index contributed by atoms with van der Waals surface area (Å²) in [6.45, 7) is 1.93. The topological polar surface area (TPSA) is 61.6 Å². The fourth-order valence-corrected chi connectivity index (χ4v) is 2.80. The van der Waals surface area contributed by atoms with Gasteiger partial charge >= 0.3 is 0 Å². The van der Waals surface area contributed by atoms with Crippen LogP contribution in [0.15, 0.2) is 18.2 Å². The summed E-state index contributed by atoms with van der Waals surface area (Å²) in [6.07, 6.45) is 2.27. The zero-order chi connectivity index (χ0) is 14.7. The maximum absolute atomic E-state index is 11.0. The van der Waals surface area contributed by atoms with Gasteiger partial charge in [0, 0.05) is 49.7 Å². The lowest BCUT2D eigenvalue weighted by Gasteiger charge is -2.29. The summed E-state index contributed by atoms with van der Waals surface area (Å²) in [5, 5.41) is 14.0. The number of hydrogen-bond donors (Lipinski definition) is 1. The maximum atomic E-state index is 11.0. The fourth-order valence-electron chi connectivity index (χ4n) is 2.80. The molecule has 0 radical (unpaired) electrons. The van der Waals surface area contributed by atoms with Crippen molar-refractivity contribution in [2.45, 2.75) is 18.9 Å². The third kappa shape index (κ3) is 3.19. The van der Waals surface area contributed by atoms with Gasteiger partial charge in [0.2, 0.25) is 0 Å². The molecule has 1 atom stereocenters. The molecule has 0 amide bonds. The molecule has 1 N–H and O–H groups in total. The number of rotatable bonds is 5. The van der Waals surface area contributed by atoms with E-state index in [2.05, 4.69) is 29.2 Å². The van der Waals surface area contributed by atoms with Crippen molar-refractivity contribution in [1.29, 1.82) is 0 Å². The minimum atomic E-state index is -0.332. The molecule has 0 aromatic heterocycles. The van der Waals surface area contributed by atoms with Crippen LogP contribution in [0.25, 0.3) is 0 Å². The van der Waals surface area contributed by atoms with E-state index in [0.717, 1.165) is 37.3 Å². The third-order valence-electron chi connectivity index (χ3n) is 3.69. The van der Waals surface area contributed by atoms with E-state index in [1.165, 1.54) is 0 Å². The molecule has 0 saturated carbocycles. The predicted octanol–water partition coefficient (Wildman–Crippen LogP) is 2.17. The van der Waals surface area contributed by atoms with Crippen LogP contribution in [0.5, 0.6) is 0 Å². The summed E-state index contributed by atoms with van der Waals surface area (Å²) in [5.74, 6) is 0. The monoisotopic (exact) mass is 278 g/mol. The van der Waals surface area contributed by atoms with Crippen LogP contribution in [0.3, 0.4) is 0 Å². The second-order valence-electron chi connectivity index (χ2n) is 5.50. The molecule has 1 fully saturated rings. The van der Waals surface area contributed by atoms with E-state index in [1.807, 2.05) is 6.07 Å². The summed E-state index contributed by atoms with van der Waals surface area (Å²) < 4.78 is 0. The lowest BCUT2D eigenvalue weighted by atomic mass is 10.2. The highest BCUT2D eigenvalue weighted by atomic mass is 16.6. The average Bonchev–Trinajstić information content (AvgIpc) is 2.85. The number of hydrogen-bond acceptors (Lipinski definition) is 5. The Balaban J connectivity index is 2.30. The van der Waals surface area contributed by atoms with Gasteiger partial charge in [0.05, 0.1) is 4.92 Å². The van der Waals surface area contributed by atoms with E-state index in [1.54, 1.807) is 19.2 Å². The van der Waals surface area contributed by atoms with Gasteiger partial charge in [-0.2, -0.15) is 0 Å². The van der Waals surface area contributed by atoms with E-state index >= 15 is 0 Å². The van der Waals surface area contributed by atoms with Crippen molar-refractivity contribution in [1.82, 2.24) is 4.90 Å². The molecule has 0 bridgehead atoms. The van der Waals surface area contributed by atoms with Crippen LogP contribution < -0.4 is 10.2 Å². The van der Waals surface area contributed by atoms with Gasteiger partial charge in [-0.1, -0.05) is 0 Å². The summed E-state index contributed by atoms with van der Waals surface area (Å²) in [5.41, 5.74) is 1.86. The molecule has 20 heavy (non-hydrogen) atoms. The Morgan fingerprint density at radius 3 is 2.80 bits per heavy atom. The number of non-ortho nitro benzene ring substituents is 1. The number of nitro groups is 1. The summed E-state index contributed by atoms with van der Waals surface area (Å²) in [7, 11) is 5.90. The summed E-state index contributed by atoms with van der Waals surface area (Å²) in [6, 6.07) is 5.66. The molecule has 1 heterocycles. The Morgan fingerprint density at radius 1 is 1.45 bits per heavy atom. The van der Waals surface area contributed by atoms with Crippen molar-refractivity contribution in [2.24, 2.45) is 0 Å². The van der Waals surface area contributed by atoms with E-state index in [0.29, 0.717) is 6.04 Å². The number of benzene rings is 1. The van der Waals surface area contributed by atoms with Crippen LogP contribution in [0.4, 0.5) is 17.1 Å². The lowest BCUT2D eigenvalue weighted by Crippen LogP contribution is -2.37. The van der Waals surface area contributed by atoms with Gasteiger partial charge in [-0.15, -0.1) is 0 Å². The molecule has 2 rings (SSSR count). The van der Waals surface area contributed by atoms with Crippen LogP contribution in [0, 0.1) is 10.1 Å². The molecule has 0 spiro atoms. The van der Waals surface area contributed by atoms with E-state index < -0.39 is 0 Å². The molecule has 1 unspecified atom stereocenters. The molecule has 1 aliphatic heterocycles. The van der Waals surface area contributed by atoms with Gasteiger partial charge in [0.15, 0.2) is 0 Å². The summed E-state index contributed by atoms with van der Waals surface area (Å²) in [4.78, 5) is 15.2. The fraction of sp³-hybridized carbons (Fsp3) is 0.571. The zero-order valence-electron chi connectivity index (χ0n) is 12.3. The van der Waals surface area contributed by atoms with Crippen LogP contribution in [0.2, 0.25) is 0 Å². The highest BCUT2D eigenvalue weighted by Crippen LogP contribution is 2.31. The first-order valence-corrected chi connectivity index (χ1v) is 6.90. The number of nitrogens with one attached hydrogen (secondary N) is 1. The SMILES string of the molecule is CNc1cc(N2CCCC2CN(C)C)cc([N+](=O)[O-])c1. The molecular formula is C14H22N4O2. The third-order valence-corrected chi connectivity index (χ3v) is 3.69. The first kappa shape index (κ1) is 14.6. The Labute approximate surface area is 119 Å². The Bertz CT molecular complexity index is 490. The maximum Gasteiger partial charge on any atom is 0.273 e. The molecule has 1 aromatic carbocycles. The zero-order valence-corrected chi connectivity index (χ0v) is 12.3. The van der Waals surface area contributed by atoms with Gasteiger partial charge < -0.3 is 15.1 Å². The summed E-state index contributed by atoms with van der Waals surface area (Å²) >= 11 is 0. The Hall–Kier alpha value is -1.82. The molecule has 1 saturated heterocycles. The van der Waals surface area contributed by atoms with Gasteiger partial charge in [-0.3, -0.25) is 10.1 Å². The normalized spacial score (nSPS) is 18.6. The molecule has 1 aromatic rings. The minimum absolute atomic E-state index is 0.141. The highest BCUT2D eigenvalue weighted by Gasteiger charge is 2.26. The first-order valence-electron chi connectivity index (χ1n) is 6.90. The van der Waals surface area contributed by atoms with Gasteiger partial charge in [0.25, 0.3) is 5.69 Å². The Morgan fingerprint density at radius 2 is 2.20 bits per heavy atom. The molecule has 110 valence electrons. The van der Waals surface area contributed by atoms with Crippen LogP contribution in [-0.4, -0.2) is 50.1 Å². The highest BCUT2D eigenvalue weighted by molar-refractivity contribution is 5.65. The van der Waals surface area contributed by atoms with Crippen LogP contribution in [-0.2, 0) is 0 Å². The predicted molar refractivity (Wildman–Crippen MR) is 81.6 cm³/mol. The van der Waals surface area contributed by atoms with E-state index in [-0.39, 0.29) is 10.6 Å². The second-order valence-corrected chi connectivity index (χ2v) is 5.50. The molecule has 6 heteroatoms. The Kier molecular flexibility index (Phi) is 4.44. The van der Waals surface area contributed by atoms with Crippen LogP contribution in [0.1, 0.15) is 12.8 Å². The number of likely N-dealkylation sites (N-methyl/N-ethyl adjacent to an activating group) is 1. The van der Waals surface area contributed by atoms with Crippen molar-refractivity contribution < 1.29 is 4.92 Å². The molecule has 6 nitrogen and oxygen atoms in total. The molecule has 0 aliphatic carbocycles. The number of nitro benzene ring substituents is 1. The van der Waals surface area contributed by atoms with Crippen molar-refractivity contribution in [3.8, 4) is 0 Å². The van der Waals surface area contributed by atoms with E-state index in [9.17, 15) is 10.1 Å². The largest absolute Gasteiger partial charge is 0.388 e. The number of nitrogens with zero attached hydrogens (tertiary/aromatic N) is 3. The second kappa shape index (κ2) is 6.09. The smallest absolute Gasteiger partial charge is 0.273 e. The van der Waals surface area contributed by atoms with Crippen molar-refractivity contribution in [3.63, 3.8) is 0 Å². The lowest BCUT2D eigenvalue weighted by molar-refractivity contribution is -0.384.